The molecule has 0 bridgehead atoms. The van der Waals surface area contributed by atoms with Gasteiger partial charge in [0.1, 0.15) is 11.6 Å². The molecule has 28 heavy (non-hydrogen) atoms. The molecule has 0 aromatic carbocycles. The average Bonchev–Trinajstić information content (AvgIpc) is 3.18. The molecular formula is C20H20N8. The molecule has 0 amide bonds. The molecule has 0 spiro atoms. The van der Waals surface area contributed by atoms with Crippen LogP contribution in [0, 0.1) is 6.92 Å². The fraction of sp³-hybridized carbons (Fsp3) is 0.300. The van der Waals surface area contributed by atoms with Gasteiger partial charge in [0.2, 0.25) is 0 Å². The van der Waals surface area contributed by atoms with Crippen LogP contribution < -0.4 is 4.90 Å². The molecule has 0 unspecified atom stereocenters. The molecule has 0 aliphatic carbocycles. The summed E-state index contributed by atoms with van der Waals surface area (Å²) in [6.45, 7) is 3.78. The molecule has 1 fully saturated rings. The monoisotopic (exact) mass is 372 g/mol. The number of anilines is 1. The molecule has 4 aromatic heterocycles. The summed E-state index contributed by atoms with van der Waals surface area (Å²) in [6, 6.07) is 9.82. The summed E-state index contributed by atoms with van der Waals surface area (Å²) in [5.41, 5.74) is 2.63. The highest BCUT2D eigenvalue weighted by atomic mass is 15.4. The van der Waals surface area contributed by atoms with Crippen molar-refractivity contribution in [3.63, 3.8) is 0 Å². The second kappa shape index (κ2) is 6.95. The van der Waals surface area contributed by atoms with E-state index < -0.39 is 0 Å². The van der Waals surface area contributed by atoms with Crippen molar-refractivity contribution >= 4 is 11.5 Å². The quantitative estimate of drug-likeness (QED) is 0.546. The Labute approximate surface area is 162 Å². The molecule has 1 aliphatic heterocycles. The van der Waals surface area contributed by atoms with Crippen molar-refractivity contribution in [3.8, 4) is 11.3 Å². The maximum Gasteiger partial charge on any atom is 0.177 e. The molecule has 5 rings (SSSR count). The fourth-order valence-electron chi connectivity index (χ4n) is 3.71. The van der Waals surface area contributed by atoms with Crippen molar-refractivity contribution in [3.05, 3.63) is 60.6 Å². The molecule has 0 N–H and O–H groups in total. The van der Waals surface area contributed by atoms with Gasteiger partial charge in [-0.3, -0.25) is 4.98 Å². The van der Waals surface area contributed by atoms with Gasteiger partial charge in [-0.25, -0.2) is 9.97 Å². The molecule has 8 nitrogen and oxygen atoms in total. The van der Waals surface area contributed by atoms with Gasteiger partial charge in [0, 0.05) is 43.2 Å². The number of rotatable bonds is 3. The van der Waals surface area contributed by atoms with E-state index in [4.69, 9.17) is 5.10 Å². The average molecular weight is 372 g/mol. The van der Waals surface area contributed by atoms with Crippen molar-refractivity contribution in [1.82, 2.24) is 34.8 Å². The van der Waals surface area contributed by atoms with Gasteiger partial charge in [-0.2, -0.15) is 9.61 Å². The molecule has 0 atom stereocenters. The number of hydrogen-bond acceptors (Lipinski definition) is 7. The Morgan fingerprint density at radius 2 is 1.89 bits per heavy atom. The Balaban J connectivity index is 1.39. The lowest BCUT2D eigenvalue weighted by Gasteiger charge is -2.31. The largest absolute Gasteiger partial charge is 0.356 e. The van der Waals surface area contributed by atoms with E-state index in [9.17, 15) is 0 Å². The first kappa shape index (κ1) is 16.7. The van der Waals surface area contributed by atoms with Crippen molar-refractivity contribution < 1.29 is 0 Å². The van der Waals surface area contributed by atoms with Crippen LogP contribution in [0.5, 0.6) is 0 Å². The number of nitrogens with zero attached hydrogens (tertiary/aromatic N) is 8. The Hall–Kier alpha value is -3.42. The molecule has 1 saturated heterocycles. The van der Waals surface area contributed by atoms with Crippen LogP contribution in [0.3, 0.4) is 0 Å². The summed E-state index contributed by atoms with van der Waals surface area (Å²) in [5, 5.41) is 13.6. The van der Waals surface area contributed by atoms with E-state index in [1.54, 1.807) is 6.20 Å². The van der Waals surface area contributed by atoms with Gasteiger partial charge in [-0.1, -0.05) is 0 Å². The summed E-state index contributed by atoms with van der Waals surface area (Å²) in [7, 11) is 0. The number of aromatic nitrogens is 7. The standard InChI is InChI=1S/C20H20N8/c1-14-22-10-6-18(23-14)27-11-7-15(8-12-27)20-25-24-19-5-4-17(26-28(19)20)16-3-2-9-21-13-16/h2-6,9-10,13,15H,7-8,11-12H2,1H3. The third kappa shape index (κ3) is 3.06. The molecule has 0 radical (unpaired) electrons. The summed E-state index contributed by atoms with van der Waals surface area (Å²) in [6.07, 6.45) is 7.38. The maximum absolute atomic E-state index is 4.79. The van der Waals surface area contributed by atoms with E-state index in [1.807, 2.05) is 54.2 Å². The van der Waals surface area contributed by atoms with Gasteiger partial charge in [0.05, 0.1) is 5.69 Å². The van der Waals surface area contributed by atoms with Crippen molar-refractivity contribution in [2.45, 2.75) is 25.7 Å². The van der Waals surface area contributed by atoms with E-state index in [2.05, 4.69) is 30.0 Å². The lowest BCUT2D eigenvalue weighted by atomic mass is 9.96. The van der Waals surface area contributed by atoms with Gasteiger partial charge in [-0.15, -0.1) is 10.2 Å². The molecular weight excluding hydrogens is 352 g/mol. The van der Waals surface area contributed by atoms with Crippen LogP contribution in [0.15, 0.2) is 48.9 Å². The highest BCUT2D eigenvalue weighted by Crippen LogP contribution is 2.29. The summed E-state index contributed by atoms with van der Waals surface area (Å²) in [5.74, 6) is 3.05. The first-order valence-corrected chi connectivity index (χ1v) is 9.45. The molecule has 1 aliphatic rings. The van der Waals surface area contributed by atoms with Crippen LogP contribution in [0.25, 0.3) is 16.9 Å². The normalized spacial score (nSPS) is 15.2. The van der Waals surface area contributed by atoms with Crippen LogP contribution in [-0.2, 0) is 0 Å². The zero-order valence-corrected chi connectivity index (χ0v) is 15.6. The van der Waals surface area contributed by atoms with E-state index in [-0.39, 0.29) is 0 Å². The van der Waals surface area contributed by atoms with E-state index >= 15 is 0 Å². The second-order valence-corrected chi connectivity index (χ2v) is 7.01. The summed E-state index contributed by atoms with van der Waals surface area (Å²) in [4.78, 5) is 15.2. The Bertz CT molecular complexity index is 1100. The number of aryl methyl sites for hydroxylation is 1. The predicted octanol–water partition coefficient (Wildman–Crippen LogP) is 2.67. The Morgan fingerprint density at radius 3 is 2.68 bits per heavy atom. The van der Waals surface area contributed by atoms with Gasteiger partial charge in [0.25, 0.3) is 0 Å². The number of piperidine rings is 1. The molecule has 140 valence electrons. The third-order valence-electron chi connectivity index (χ3n) is 5.19. The number of fused-ring (bicyclic) bond motifs is 1. The van der Waals surface area contributed by atoms with Crippen LogP contribution >= 0.6 is 0 Å². The molecule has 4 aromatic rings. The minimum absolute atomic E-state index is 0.325. The summed E-state index contributed by atoms with van der Waals surface area (Å²) < 4.78 is 1.89. The third-order valence-corrected chi connectivity index (χ3v) is 5.19. The second-order valence-electron chi connectivity index (χ2n) is 7.01. The van der Waals surface area contributed by atoms with Gasteiger partial charge in [-0.05, 0) is 50.1 Å². The predicted molar refractivity (Wildman–Crippen MR) is 105 cm³/mol. The lowest BCUT2D eigenvalue weighted by molar-refractivity contribution is 0.475. The zero-order chi connectivity index (χ0) is 18.9. The van der Waals surface area contributed by atoms with Crippen LogP contribution in [0.2, 0.25) is 0 Å². The van der Waals surface area contributed by atoms with Crippen LogP contribution in [0.1, 0.15) is 30.4 Å². The first-order chi connectivity index (χ1) is 13.8. The number of pyridine rings is 1. The molecule has 0 saturated carbocycles. The minimum atomic E-state index is 0.325. The van der Waals surface area contributed by atoms with Gasteiger partial charge in [0.15, 0.2) is 11.5 Å². The smallest absolute Gasteiger partial charge is 0.177 e. The van der Waals surface area contributed by atoms with E-state index in [1.165, 1.54) is 0 Å². The van der Waals surface area contributed by atoms with Crippen molar-refractivity contribution in [1.29, 1.82) is 0 Å². The number of hydrogen-bond donors (Lipinski definition) is 0. The maximum atomic E-state index is 4.79. The molecule has 5 heterocycles. The van der Waals surface area contributed by atoms with Crippen LogP contribution in [0.4, 0.5) is 5.82 Å². The van der Waals surface area contributed by atoms with E-state index in [0.717, 1.165) is 60.3 Å². The minimum Gasteiger partial charge on any atom is -0.356 e. The highest BCUT2D eigenvalue weighted by Gasteiger charge is 2.26. The highest BCUT2D eigenvalue weighted by molar-refractivity contribution is 5.58. The Kier molecular flexibility index (Phi) is 4.16. The summed E-state index contributed by atoms with van der Waals surface area (Å²) >= 11 is 0. The SMILES string of the molecule is Cc1nccc(N2CCC(c3nnc4ccc(-c5cccnc5)nn34)CC2)n1. The topological polar surface area (TPSA) is 85.0 Å². The fourth-order valence-corrected chi connectivity index (χ4v) is 3.71. The van der Waals surface area contributed by atoms with Gasteiger partial charge >= 0.3 is 0 Å². The van der Waals surface area contributed by atoms with Crippen LogP contribution in [-0.4, -0.2) is 47.9 Å². The van der Waals surface area contributed by atoms with E-state index in [0.29, 0.717) is 5.92 Å². The Morgan fingerprint density at radius 1 is 1.00 bits per heavy atom. The lowest BCUT2D eigenvalue weighted by Crippen LogP contribution is -2.34. The zero-order valence-electron chi connectivity index (χ0n) is 15.6. The van der Waals surface area contributed by atoms with Crippen molar-refractivity contribution in [2.75, 3.05) is 18.0 Å². The van der Waals surface area contributed by atoms with Gasteiger partial charge < -0.3 is 4.90 Å². The molecule has 8 heteroatoms. The first-order valence-electron chi connectivity index (χ1n) is 9.45. The van der Waals surface area contributed by atoms with Crippen molar-refractivity contribution in [2.24, 2.45) is 0 Å².